The third-order valence-corrected chi connectivity index (χ3v) is 3.00. The Bertz CT molecular complexity index is 457. The molecule has 0 aliphatic carbocycles. The molecule has 3 N–H and O–H groups in total. The van der Waals surface area contributed by atoms with Crippen molar-refractivity contribution >= 4 is 12.0 Å². The van der Waals surface area contributed by atoms with Gasteiger partial charge in [0.1, 0.15) is 0 Å². The number of carbonyl (C=O) groups excluding carboxylic acids is 2. The molecule has 0 fully saturated rings. The number of aryl methyl sites for hydroxylation is 1. The van der Waals surface area contributed by atoms with Gasteiger partial charge in [-0.1, -0.05) is 36.8 Å². The van der Waals surface area contributed by atoms with Crippen molar-refractivity contribution in [1.29, 1.82) is 0 Å². The summed E-state index contributed by atoms with van der Waals surface area (Å²) in [6.45, 7) is 5.95. The molecule has 1 rings (SSSR count). The van der Waals surface area contributed by atoms with E-state index in [0.29, 0.717) is 6.42 Å². The highest BCUT2D eigenvalue weighted by Crippen LogP contribution is 2.14. The lowest BCUT2D eigenvalue weighted by atomic mass is 10.1. The van der Waals surface area contributed by atoms with Crippen LogP contribution in [0.2, 0.25) is 0 Å². The van der Waals surface area contributed by atoms with E-state index in [2.05, 4.69) is 10.1 Å². The van der Waals surface area contributed by atoms with Crippen LogP contribution in [0.3, 0.4) is 0 Å². The van der Waals surface area contributed by atoms with Gasteiger partial charge < -0.3 is 15.8 Å². The summed E-state index contributed by atoms with van der Waals surface area (Å²) in [5.74, 6) is -0.133. The second-order valence-corrected chi connectivity index (χ2v) is 5.14. The summed E-state index contributed by atoms with van der Waals surface area (Å²) in [6.07, 6.45) is -0.519. The number of nitrogens with two attached hydrogens (primary N) is 1. The fourth-order valence-corrected chi connectivity index (χ4v) is 1.84. The van der Waals surface area contributed by atoms with Gasteiger partial charge in [-0.05, 0) is 25.3 Å². The van der Waals surface area contributed by atoms with Crippen LogP contribution < -0.4 is 11.1 Å². The number of benzene rings is 1. The molecular weight excluding hydrogens is 256 g/mol. The Morgan fingerprint density at radius 2 is 1.85 bits per heavy atom. The maximum atomic E-state index is 11.9. The molecule has 0 spiro atoms. The molecule has 2 atom stereocenters. The van der Waals surface area contributed by atoms with Gasteiger partial charge in [-0.15, -0.1) is 0 Å². The normalized spacial score (nSPS) is 13.3. The molecule has 2 amide bonds. The van der Waals surface area contributed by atoms with Crippen molar-refractivity contribution in [2.45, 2.75) is 33.2 Å². The van der Waals surface area contributed by atoms with Crippen LogP contribution >= 0.6 is 0 Å². The third kappa shape index (κ3) is 5.73. The zero-order valence-electron chi connectivity index (χ0n) is 12.2. The summed E-state index contributed by atoms with van der Waals surface area (Å²) in [4.78, 5) is 22.3. The Morgan fingerprint density at radius 3 is 2.40 bits per heavy atom. The fourth-order valence-electron chi connectivity index (χ4n) is 1.84. The van der Waals surface area contributed by atoms with E-state index in [1.165, 1.54) is 5.56 Å². The summed E-state index contributed by atoms with van der Waals surface area (Å²) in [6, 6.07) is 7.98. The quantitative estimate of drug-likeness (QED) is 0.837. The molecule has 5 heteroatoms. The minimum Gasteiger partial charge on any atom is -0.449 e. The molecule has 1 aromatic rings. The van der Waals surface area contributed by atoms with Gasteiger partial charge in [-0.2, -0.15) is 0 Å². The standard InChI is InChI=1S/C15H22N2O3/c1-10-4-6-13(7-5-10)12(3)17-14(18)8-11(2)9-20-15(16)19/h4-7,11-12H,8-9H2,1-3H3,(H2,16,19)(H,17,18). The first-order valence-electron chi connectivity index (χ1n) is 6.66. The number of nitrogens with one attached hydrogen (secondary N) is 1. The molecule has 0 radical (unpaired) electrons. The summed E-state index contributed by atoms with van der Waals surface area (Å²) in [5.41, 5.74) is 7.12. The molecule has 0 saturated heterocycles. The number of rotatable bonds is 6. The summed E-state index contributed by atoms with van der Waals surface area (Å²) >= 11 is 0. The predicted octanol–water partition coefficient (Wildman–Crippen LogP) is 2.29. The SMILES string of the molecule is Cc1ccc(C(C)NC(=O)CC(C)COC(N)=O)cc1. The van der Waals surface area contributed by atoms with Crippen LogP contribution in [-0.4, -0.2) is 18.6 Å². The Morgan fingerprint density at radius 1 is 1.25 bits per heavy atom. The molecule has 0 saturated carbocycles. The largest absolute Gasteiger partial charge is 0.449 e. The molecule has 110 valence electrons. The van der Waals surface area contributed by atoms with Crippen molar-refractivity contribution in [3.05, 3.63) is 35.4 Å². The van der Waals surface area contributed by atoms with Gasteiger partial charge in [0.05, 0.1) is 12.6 Å². The van der Waals surface area contributed by atoms with E-state index in [1.54, 1.807) is 0 Å². The summed E-state index contributed by atoms with van der Waals surface area (Å²) in [7, 11) is 0. The zero-order chi connectivity index (χ0) is 15.1. The summed E-state index contributed by atoms with van der Waals surface area (Å²) in [5, 5.41) is 2.92. The molecule has 0 heterocycles. The molecule has 0 aliphatic rings. The Balaban J connectivity index is 2.41. The van der Waals surface area contributed by atoms with Crippen molar-refractivity contribution in [1.82, 2.24) is 5.32 Å². The molecule has 20 heavy (non-hydrogen) atoms. The van der Waals surface area contributed by atoms with Crippen molar-refractivity contribution in [3.8, 4) is 0 Å². The number of ether oxygens (including phenoxy) is 1. The number of carbonyl (C=O) groups is 2. The van der Waals surface area contributed by atoms with Crippen molar-refractivity contribution in [3.63, 3.8) is 0 Å². The van der Waals surface area contributed by atoms with Gasteiger partial charge in [0.25, 0.3) is 0 Å². The van der Waals surface area contributed by atoms with Gasteiger partial charge in [-0.3, -0.25) is 4.79 Å². The average molecular weight is 278 g/mol. The van der Waals surface area contributed by atoms with E-state index in [1.807, 2.05) is 45.0 Å². The van der Waals surface area contributed by atoms with Crippen molar-refractivity contribution < 1.29 is 14.3 Å². The molecule has 0 aliphatic heterocycles. The van der Waals surface area contributed by atoms with E-state index in [4.69, 9.17) is 5.73 Å². The van der Waals surface area contributed by atoms with Crippen molar-refractivity contribution in [2.75, 3.05) is 6.61 Å². The maximum absolute atomic E-state index is 11.9. The molecule has 1 aromatic carbocycles. The molecule has 0 bridgehead atoms. The average Bonchev–Trinajstić information content (AvgIpc) is 2.36. The highest BCUT2D eigenvalue weighted by molar-refractivity contribution is 5.76. The molecule has 0 aromatic heterocycles. The number of hydrogen-bond acceptors (Lipinski definition) is 3. The Hall–Kier alpha value is -2.04. The highest BCUT2D eigenvalue weighted by Gasteiger charge is 2.13. The topological polar surface area (TPSA) is 81.4 Å². The predicted molar refractivity (Wildman–Crippen MR) is 77.1 cm³/mol. The third-order valence-electron chi connectivity index (χ3n) is 3.00. The van der Waals surface area contributed by atoms with Crippen LogP contribution in [0, 0.1) is 12.8 Å². The van der Waals surface area contributed by atoms with Crippen LogP contribution in [0.1, 0.15) is 37.4 Å². The van der Waals surface area contributed by atoms with E-state index in [-0.39, 0.29) is 24.5 Å². The lowest BCUT2D eigenvalue weighted by Crippen LogP contribution is -2.29. The first kappa shape index (κ1) is 16.0. The van der Waals surface area contributed by atoms with Gasteiger partial charge in [-0.25, -0.2) is 4.79 Å². The minimum atomic E-state index is -0.815. The Kier molecular flexibility index (Phi) is 6.03. The monoisotopic (exact) mass is 278 g/mol. The van der Waals surface area contributed by atoms with E-state index < -0.39 is 6.09 Å². The Labute approximate surface area is 119 Å². The number of primary amides is 1. The van der Waals surface area contributed by atoms with Crippen LogP contribution in [0.5, 0.6) is 0 Å². The van der Waals surface area contributed by atoms with E-state index in [0.717, 1.165) is 5.56 Å². The van der Waals surface area contributed by atoms with Gasteiger partial charge in [0.2, 0.25) is 5.91 Å². The van der Waals surface area contributed by atoms with Crippen molar-refractivity contribution in [2.24, 2.45) is 11.7 Å². The second kappa shape index (κ2) is 7.53. The fraction of sp³-hybridized carbons (Fsp3) is 0.467. The molecule has 2 unspecified atom stereocenters. The highest BCUT2D eigenvalue weighted by atomic mass is 16.5. The zero-order valence-corrected chi connectivity index (χ0v) is 12.2. The number of amides is 2. The van der Waals surface area contributed by atoms with Gasteiger partial charge in [0, 0.05) is 6.42 Å². The first-order chi connectivity index (χ1) is 9.38. The van der Waals surface area contributed by atoms with Crippen LogP contribution in [0.25, 0.3) is 0 Å². The second-order valence-electron chi connectivity index (χ2n) is 5.14. The van der Waals surface area contributed by atoms with Gasteiger partial charge in [0.15, 0.2) is 0 Å². The van der Waals surface area contributed by atoms with Crippen LogP contribution in [-0.2, 0) is 9.53 Å². The van der Waals surface area contributed by atoms with E-state index >= 15 is 0 Å². The van der Waals surface area contributed by atoms with Crippen LogP contribution in [0.15, 0.2) is 24.3 Å². The first-order valence-corrected chi connectivity index (χ1v) is 6.66. The smallest absolute Gasteiger partial charge is 0.404 e. The maximum Gasteiger partial charge on any atom is 0.404 e. The molecular formula is C15H22N2O3. The van der Waals surface area contributed by atoms with Crippen LogP contribution in [0.4, 0.5) is 4.79 Å². The number of hydrogen-bond donors (Lipinski definition) is 2. The minimum absolute atomic E-state index is 0.0487. The lowest BCUT2D eigenvalue weighted by molar-refractivity contribution is -0.122. The van der Waals surface area contributed by atoms with Gasteiger partial charge >= 0.3 is 6.09 Å². The van der Waals surface area contributed by atoms with E-state index in [9.17, 15) is 9.59 Å². The molecule has 5 nitrogen and oxygen atoms in total. The summed E-state index contributed by atoms with van der Waals surface area (Å²) < 4.78 is 4.67. The lowest BCUT2D eigenvalue weighted by Gasteiger charge is -2.16.